The van der Waals surface area contributed by atoms with E-state index >= 15 is 0 Å². The number of aliphatic hydroxyl groups is 1. The van der Waals surface area contributed by atoms with Crippen LogP contribution in [0, 0.1) is 0 Å². The van der Waals surface area contributed by atoms with E-state index < -0.39 is 6.10 Å². The molecule has 0 saturated carbocycles. The second-order valence-corrected chi connectivity index (χ2v) is 4.89. The number of hydrogen-bond acceptors (Lipinski definition) is 3. The van der Waals surface area contributed by atoms with Crippen LogP contribution in [0.1, 0.15) is 30.7 Å². The summed E-state index contributed by atoms with van der Waals surface area (Å²) < 4.78 is 1.76. The van der Waals surface area contributed by atoms with Crippen molar-refractivity contribution >= 4 is 10.8 Å². The van der Waals surface area contributed by atoms with Gasteiger partial charge in [0.25, 0.3) is 0 Å². The lowest BCUT2D eigenvalue weighted by molar-refractivity contribution is 0.207. The van der Waals surface area contributed by atoms with Gasteiger partial charge in [-0.15, -0.1) is 5.10 Å². The molecule has 1 atom stereocenters. The fourth-order valence-corrected chi connectivity index (χ4v) is 2.41. The summed E-state index contributed by atoms with van der Waals surface area (Å²) in [6.45, 7) is 2.84. The molecule has 0 radical (unpaired) electrons. The Morgan fingerprint density at radius 2 is 1.95 bits per heavy atom. The highest BCUT2D eigenvalue weighted by Crippen LogP contribution is 2.25. The molecule has 1 aromatic heterocycles. The van der Waals surface area contributed by atoms with Gasteiger partial charge in [0.2, 0.25) is 0 Å². The van der Waals surface area contributed by atoms with Gasteiger partial charge >= 0.3 is 0 Å². The van der Waals surface area contributed by atoms with Crippen LogP contribution in [-0.2, 0) is 6.54 Å². The molecule has 4 nitrogen and oxygen atoms in total. The van der Waals surface area contributed by atoms with Crippen molar-refractivity contribution in [3.63, 3.8) is 0 Å². The zero-order valence-electron chi connectivity index (χ0n) is 11.4. The van der Waals surface area contributed by atoms with E-state index in [0.717, 1.165) is 29.6 Å². The van der Waals surface area contributed by atoms with Crippen LogP contribution in [0.3, 0.4) is 0 Å². The number of benzene rings is 2. The summed E-state index contributed by atoms with van der Waals surface area (Å²) in [5.41, 5.74) is 1.60. The number of aryl methyl sites for hydroxylation is 1. The molecule has 0 bridgehead atoms. The fraction of sp³-hybridized carbons (Fsp3) is 0.250. The lowest BCUT2D eigenvalue weighted by Gasteiger charge is -2.13. The molecular formula is C16H17N3O. The molecule has 20 heavy (non-hydrogen) atoms. The Kier molecular flexibility index (Phi) is 3.48. The first-order valence-corrected chi connectivity index (χ1v) is 6.84. The predicted octanol–water partition coefficient (Wildman–Crippen LogP) is 2.92. The largest absolute Gasteiger partial charge is 0.382 e. The van der Waals surface area contributed by atoms with Gasteiger partial charge in [-0.25, -0.2) is 4.68 Å². The molecule has 1 unspecified atom stereocenters. The van der Waals surface area contributed by atoms with E-state index in [9.17, 15) is 5.11 Å². The highest BCUT2D eigenvalue weighted by molar-refractivity contribution is 5.83. The Balaban J connectivity index is 1.99. The number of aromatic nitrogens is 3. The predicted molar refractivity (Wildman–Crippen MR) is 78.3 cm³/mol. The van der Waals surface area contributed by atoms with E-state index in [4.69, 9.17) is 0 Å². The molecule has 102 valence electrons. The van der Waals surface area contributed by atoms with Crippen molar-refractivity contribution < 1.29 is 5.11 Å². The van der Waals surface area contributed by atoms with E-state index in [1.807, 2.05) is 36.4 Å². The topological polar surface area (TPSA) is 50.9 Å². The third kappa shape index (κ3) is 2.30. The molecule has 0 spiro atoms. The van der Waals surface area contributed by atoms with Crippen LogP contribution < -0.4 is 0 Å². The van der Waals surface area contributed by atoms with Crippen LogP contribution in [0.4, 0.5) is 0 Å². The van der Waals surface area contributed by atoms with Crippen LogP contribution in [-0.4, -0.2) is 20.1 Å². The highest BCUT2D eigenvalue weighted by Gasteiger charge is 2.16. The monoisotopic (exact) mass is 267 g/mol. The highest BCUT2D eigenvalue weighted by atomic mass is 16.3. The fourth-order valence-electron chi connectivity index (χ4n) is 2.41. The Labute approximate surface area is 117 Å². The molecule has 0 aliphatic carbocycles. The van der Waals surface area contributed by atoms with Gasteiger partial charge in [-0.1, -0.05) is 48.5 Å². The Morgan fingerprint density at radius 3 is 2.75 bits per heavy atom. The van der Waals surface area contributed by atoms with Crippen molar-refractivity contribution in [2.45, 2.75) is 26.0 Å². The maximum Gasteiger partial charge on any atom is 0.122 e. The number of nitrogens with zero attached hydrogens (tertiary/aromatic N) is 3. The summed E-state index contributed by atoms with van der Waals surface area (Å²) in [5.74, 6) is 0. The molecule has 0 saturated heterocycles. The summed E-state index contributed by atoms with van der Waals surface area (Å²) in [5, 5.41) is 20.8. The Hall–Kier alpha value is -2.20. The van der Waals surface area contributed by atoms with Crippen molar-refractivity contribution in [1.82, 2.24) is 15.0 Å². The van der Waals surface area contributed by atoms with Crippen molar-refractivity contribution in [3.8, 4) is 0 Å². The van der Waals surface area contributed by atoms with Crippen molar-refractivity contribution in [1.29, 1.82) is 0 Å². The first-order chi connectivity index (χ1) is 9.79. The molecule has 3 rings (SSSR count). The van der Waals surface area contributed by atoms with Crippen molar-refractivity contribution in [3.05, 3.63) is 59.9 Å². The van der Waals surface area contributed by atoms with E-state index in [1.54, 1.807) is 10.9 Å². The standard InChI is InChI=1S/C16H17N3O/c1-2-9-19-15(11-17-18-19)16(20)14-8-7-12-5-3-4-6-13(12)10-14/h3-8,10-11,16,20H,2,9H2,1H3. The number of hydrogen-bond donors (Lipinski definition) is 1. The first kappa shape index (κ1) is 12.8. The van der Waals surface area contributed by atoms with Gasteiger partial charge < -0.3 is 5.11 Å². The van der Waals surface area contributed by atoms with Crippen LogP contribution in [0.15, 0.2) is 48.7 Å². The minimum atomic E-state index is -0.693. The van der Waals surface area contributed by atoms with Crippen molar-refractivity contribution in [2.75, 3.05) is 0 Å². The van der Waals surface area contributed by atoms with Gasteiger partial charge in [0, 0.05) is 6.54 Å². The zero-order valence-corrected chi connectivity index (χ0v) is 11.4. The normalized spacial score (nSPS) is 12.7. The minimum Gasteiger partial charge on any atom is -0.382 e. The number of rotatable bonds is 4. The SMILES string of the molecule is CCCn1nncc1C(O)c1ccc2ccccc2c1. The number of fused-ring (bicyclic) bond motifs is 1. The Bertz CT molecular complexity index is 720. The maximum absolute atomic E-state index is 10.5. The minimum absolute atomic E-state index is 0.693. The molecule has 3 aromatic rings. The summed E-state index contributed by atoms with van der Waals surface area (Å²) in [6.07, 6.45) is 1.90. The molecule has 0 amide bonds. The van der Waals surface area contributed by atoms with Gasteiger partial charge in [0.15, 0.2) is 0 Å². The summed E-state index contributed by atoms with van der Waals surface area (Å²) in [7, 11) is 0. The molecule has 1 heterocycles. The third-order valence-electron chi connectivity index (χ3n) is 3.45. The van der Waals surface area contributed by atoms with E-state index in [0.29, 0.717) is 0 Å². The lowest BCUT2D eigenvalue weighted by atomic mass is 10.0. The summed E-state index contributed by atoms with van der Waals surface area (Å²) >= 11 is 0. The first-order valence-electron chi connectivity index (χ1n) is 6.84. The molecule has 0 fully saturated rings. The molecular weight excluding hydrogens is 250 g/mol. The molecule has 4 heteroatoms. The van der Waals surface area contributed by atoms with Gasteiger partial charge in [-0.3, -0.25) is 0 Å². The number of aliphatic hydroxyl groups excluding tert-OH is 1. The maximum atomic E-state index is 10.5. The van der Waals surface area contributed by atoms with E-state index in [2.05, 4.69) is 23.3 Å². The third-order valence-corrected chi connectivity index (χ3v) is 3.45. The molecule has 0 aliphatic heterocycles. The van der Waals surface area contributed by atoms with E-state index in [1.165, 1.54) is 5.39 Å². The van der Waals surface area contributed by atoms with Gasteiger partial charge in [0.1, 0.15) is 6.10 Å². The summed E-state index contributed by atoms with van der Waals surface area (Å²) in [4.78, 5) is 0. The van der Waals surface area contributed by atoms with Crippen LogP contribution in [0.25, 0.3) is 10.8 Å². The molecule has 2 aromatic carbocycles. The quantitative estimate of drug-likeness (QED) is 0.790. The second-order valence-electron chi connectivity index (χ2n) is 4.89. The average molecular weight is 267 g/mol. The second kappa shape index (κ2) is 5.43. The lowest BCUT2D eigenvalue weighted by Crippen LogP contribution is -2.10. The van der Waals surface area contributed by atoms with Crippen molar-refractivity contribution in [2.24, 2.45) is 0 Å². The molecule has 1 N–H and O–H groups in total. The molecule has 0 aliphatic rings. The summed E-state index contributed by atoms with van der Waals surface area (Å²) in [6, 6.07) is 14.1. The van der Waals surface area contributed by atoms with Gasteiger partial charge in [-0.2, -0.15) is 0 Å². The van der Waals surface area contributed by atoms with Gasteiger partial charge in [-0.05, 0) is 28.8 Å². The van der Waals surface area contributed by atoms with E-state index in [-0.39, 0.29) is 0 Å². The van der Waals surface area contributed by atoms with Crippen LogP contribution in [0.5, 0.6) is 0 Å². The van der Waals surface area contributed by atoms with Gasteiger partial charge in [0.05, 0.1) is 11.9 Å². The average Bonchev–Trinajstić information content (AvgIpc) is 2.94. The zero-order chi connectivity index (χ0) is 13.9. The van der Waals surface area contributed by atoms with Crippen LogP contribution >= 0.6 is 0 Å². The van der Waals surface area contributed by atoms with Crippen LogP contribution in [0.2, 0.25) is 0 Å². The Morgan fingerprint density at radius 1 is 1.15 bits per heavy atom. The smallest absolute Gasteiger partial charge is 0.122 e.